The first-order valence-electron chi connectivity index (χ1n) is 9.07. The van der Waals surface area contributed by atoms with Gasteiger partial charge in [-0.1, -0.05) is 23.7 Å². The summed E-state index contributed by atoms with van der Waals surface area (Å²) in [5, 5.41) is 21.9. The Bertz CT molecular complexity index is 1040. The van der Waals surface area contributed by atoms with Crippen LogP contribution in [0.5, 0.6) is 5.75 Å². The summed E-state index contributed by atoms with van der Waals surface area (Å²) in [4.78, 5) is 22.9. The molecule has 0 aliphatic heterocycles. The highest BCUT2D eigenvalue weighted by Crippen LogP contribution is 2.31. The molecule has 0 saturated carbocycles. The minimum absolute atomic E-state index is 0.0621. The number of carboxylic acids is 1. The van der Waals surface area contributed by atoms with E-state index in [1.54, 1.807) is 25.1 Å². The van der Waals surface area contributed by atoms with Gasteiger partial charge in [-0.05, 0) is 61.7 Å². The highest BCUT2D eigenvalue weighted by atomic mass is 35.5. The molecule has 0 saturated heterocycles. The van der Waals surface area contributed by atoms with Gasteiger partial charge >= 0.3 is 5.97 Å². The van der Waals surface area contributed by atoms with Crippen LogP contribution in [-0.4, -0.2) is 28.2 Å². The van der Waals surface area contributed by atoms with Crippen LogP contribution in [0.3, 0.4) is 0 Å². The fraction of sp³-hybridized carbons (Fsp3) is 0.182. The minimum Gasteiger partial charge on any atom is -0.550 e. The third-order valence-electron chi connectivity index (χ3n) is 4.42. The minimum atomic E-state index is -1.15. The van der Waals surface area contributed by atoms with Crippen molar-refractivity contribution >= 4 is 23.5 Å². The van der Waals surface area contributed by atoms with Crippen LogP contribution in [-0.2, 0) is 16.0 Å². The predicted molar refractivity (Wildman–Crippen MR) is 107 cm³/mol. The van der Waals surface area contributed by atoms with Crippen LogP contribution in [0.1, 0.15) is 29.4 Å². The maximum atomic E-state index is 12.0. The molecule has 1 N–H and O–H groups in total. The number of benzene rings is 2. The predicted octanol–water partition coefficient (Wildman–Crippen LogP) is 3.36. The van der Waals surface area contributed by atoms with Crippen molar-refractivity contribution in [2.45, 2.75) is 19.8 Å². The van der Waals surface area contributed by atoms with Crippen molar-refractivity contribution in [3.8, 4) is 22.7 Å². The maximum absolute atomic E-state index is 12.0. The second-order valence-electron chi connectivity index (χ2n) is 6.35. The van der Waals surface area contributed by atoms with E-state index in [1.807, 2.05) is 28.8 Å². The molecule has 3 aromatic rings. The van der Waals surface area contributed by atoms with Crippen LogP contribution in [0, 0.1) is 0 Å². The number of phenolic OH excluding ortho intramolecular Hbond substituents is 1. The summed E-state index contributed by atoms with van der Waals surface area (Å²) >= 11 is 5.98. The van der Waals surface area contributed by atoms with Crippen molar-refractivity contribution in [1.29, 1.82) is 0 Å². The highest BCUT2D eigenvalue weighted by Gasteiger charge is 2.17. The number of ether oxygens (including phenoxy) is 1. The highest BCUT2D eigenvalue weighted by molar-refractivity contribution is 6.30. The molecule has 0 fully saturated rings. The normalized spacial score (nSPS) is 10.7. The first-order valence-corrected chi connectivity index (χ1v) is 9.45. The number of halogens is 1. The van der Waals surface area contributed by atoms with Crippen LogP contribution in [0.2, 0.25) is 5.02 Å². The van der Waals surface area contributed by atoms with E-state index in [4.69, 9.17) is 16.3 Å². The second kappa shape index (κ2) is 8.84. The second-order valence-corrected chi connectivity index (χ2v) is 6.78. The van der Waals surface area contributed by atoms with Gasteiger partial charge in [-0.25, -0.2) is 4.79 Å². The van der Waals surface area contributed by atoms with Gasteiger partial charge in [0.25, 0.3) is 0 Å². The molecular weight excluding hydrogens is 394 g/mol. The number of nitrogens with zero attached hydrogens (tertiary/aromatic N) is 1. The van der Waals surface area contributed by atoms with Crippen molar-refractivity contribution in [3.05, 3.63) is 70.9 Å². The number of aliphatic carboxylic acids is 1. The van der Waals surface area contributed by atoms with Gasteiger partial charge in [0, 0.05) is 28.4 Å². The zero-order chi connectivity index (χ0) is 21.0. The van der Waals surface area contributed by atoms with Crippen LogP contribution >= 0.6 is 11.6 Å². The summed E-state index contributed by atoms with van der Waals surface area (Å²) in [6.45, 7) is 1.89. The number of carbonyl (C=O) groups excluding carboxylic acids is 2. The number of aromatic hydroxyl groups is 1. The largest absolute Gasteiger partial charge is 0.550 e. The van der Waals surface area contributed by atoms with E-state index >= 15 is 0 Å². The number of aromatic nitrogens is 1. The van der Waals surface area contributed by atoms with Gasteiger partial charge in [-0.15, -0.1) is 0 Å². The number of rotatable bonds is 7. The Morgan fingerprint density at radius 2 is 1.83 bits per heavy atom. The lowest BCUT2D eigenvalue weighted by Gasteiger charge is -2.16. The van der Waals surface area contributed by atoms with Crippen molar-refractivity contribution in [3.63, 3.8) is 0 Å². The summed E-state index contributed by atoms with van der Waals surface area (Å²) in [7, 11) is 0. The lowest BCUT2D eigenvalue weighted by atomic mass is 10.1. The Balaban J connectivity index is 2.09. The smallest absolute Gasteiger partial charge is 0.341 e. The average molecular weight is 413 g/mol. The lowest BCUT2D eigenvalue weighted by Crippen LogP contribution is -2.22. The number of carboxylic acid groups (broad SMARTS) is 1. The summed E-state index contributed by atoms with van der Waals surface area (Å²) in [5.41, 5.74) is 3.02. The molecule has 0 spiro atoms. The number of aryl methyl sites for hydroxylation is 1. The van der Waals surface area contributed by atoms with Crippen LogP contribution < -0.4 is 5.11 Å². The monoisotopic (exact) mass is 412 g/mol. The molecule has 1 aromatic heterocycles. The van der Waals surface area contributed by atoms with E-state index in [1.165, 1.54) is 12.1 Å². The zero-order valence-electron chi connectivity index (χ0n) is 15.7. The first-order chi connectivity index (χ1) is 13.9. The van der Waals surface area contributed by atoms with Crippen LogP contribution in [0.25, 0.3) is 16.9 Å². The molecule has 3 rings (SSSR count). The topological polar surface area (TPSA) is 91.6 Å². The van der Waals surface area contributed by atoms with E-state index in [2.05, 4.69) is 0 Å². The lowest BCUT2D eigenvalue weighted by molar-refractivity contribution is -0.305. The molecule has 0 radical (unpaired) electrons. The number of carbonyl (C=O) groups is 2. The number of hydrogen-bond donors (Lipinski definition) is 1. The molecule has 6 nitrogen and oxygen atoms in total. The van der Waals surface area contributed by atoms with Gasteiger partial charge in [0.15, 0.2) is 0 Å². The van der Waals surface area contributed by atoms with Crippen molar-refractivity contribution in [2.75, 3.05) is 6.61 Å². The van der Waals surface area contributed by atoms with Crippen LogP contribution in [0.4, 0.5) is 0 Å². The van der Waals surface area contributed by atoms with Gasteiger partial charge in [0.2, 0.25) is 0 Å². The van der Waals surface area contributed by atoms with E-state index in [0.717, 1.165) is 17.0 Å². The first kappa shape index (κ1) is 20.5. The molecule has 2 aromatic carbocycles. The van der Waals surface area contributed by atoms with Gasteiger partial charge in [-0.2, -0.15) is 0 Å². The van der Waals surface area contributed by atoms with E-state index in [-0.39, 0.29) is 30.8 Å². The summed E-state index contributed by atoms with van der Waals surface area (Å²) in [5.74, 6) is -1.98. The van der Waals surface area contributed by atoms with Crippen molar-refractivity contribution in [1.82, 2.24) is 4.57 Å². The Labute approximate surface area is 172 Å². The molecule has 0 bridgehead atoms. The number of esters is 1. The standard InChI is InChI=1S/C22H20ClNO5/c1-2-29-22(28)18-10-7-17(13-20(18)25)24-16(9-12-21(26)27)8-11-19(24)14-3-5-15(23)6-4-14/h3-8,10-11,13,25H,2,9,12H2,1H3,(H,26,27)/p-1. The zero-order valence-corrected chi connectivity index (χ0v) is 16.5. The molecule has 29 heavy (non-hydrogen) atoms. The SMILES string of the molecule is CCOC(=O)c1ccc(-n2c(CCC(=O)[O-])ccc2-c2ccc(Cl)cc2)cc1O. The maximum Gasteiger partial charge on any atom is 0.341 e. The van der Waals surface area contributed by atoms with E-state index in [9.17, 15) is 19.8 Å². The van der Waals surface area contributed by atoms with Gasteiger partial charge in [0.1, 0.15) is 11.3 Å². The Kier molecular flexibility index (Phi) is 6.24. The molecule has 0 aliphatic rings. The van der Waals surface area contributed by atoms with Crippen molar-refractivity contribution in [2.24, 2.45) is 0 Å². The van der Waals surface area contributed by atoms with Gasteiger partial charge < -0.3 is 24.3 Å². The molecule has 0 atom stereocenters. The Morgan fingerprint density at radius 3 is 2.45 bits per heavy atom. The molecule has 0 aliphatic carbocycles. The molecule has 150 valence electrons. The van der Waals surface area contributed by atoms with Crippen LogP contribution in [0.15, 0.2) is 54.6 Å². The molecule has 1 heterocycles. The Hall–Kier alpha value is -3.25. The summed E-state index contributed by atoms with van der Waals surface area (Å²) in [6, 6.07) is 15.5. The fourth-order valence-corrected chi connectivity index (χ4v) is 3.22. The average Bonchev–Trinajstić information content (AvgIpc) is 3.11. The van der Waals surface area contributed by atoms with Gasteiger partial charge in [-0.3, -0.25) is 0 Å². The molecule has 0 unspecified atom stereocenters. The van der Waals surface area contributed by atoms with E-state index < -0.39 is 11.9 Å². The van der Waals surface area contributed by atoms with E-state index in [0.29, 0.717) is 10.7 Å². The third kappa shape index (κ3) is 4.60. The Morgan fingerprint density at radius 1 is 1.10 bits per heavy atom. The number of hydrogen-bond acceptors (Lipinski definition) is 5. The number of phenols is 1. The fourth-order valence-electron chi connectivity index (χ4n) is 3.10. The third-order valence-corrected chi connectivity index (χ3v) is 4.67. The summed E-state index contributed by atoms with van der Waals surface area (Å²) < 4.78 is 6.78. The molecule has 0 amide bonds. The summed E-state index contributed by atoms with van der Waals surface area (Å²) in [6.07, 6.45) is 0.104. The quantitative estimate of drug-likeness (QED) is 0.601. The molecule has 7 heteroatoms. The van der Waals surface area contributed by atoms with Gasteiger partial charge in [0.05, 0.1) is 12.3 Å². The van der Waals surface area contributed by atoms with Crippen molar-refractivity contribution < 1.29 is 24.5 Å². The molecular formula is C22H19ClNO5-.